The summed E-state index contributed by atoms with van der Waals surface area (Å²) < 4.78 is 30.0. The van der Waals surface area contributed by atoms with E-state index < -0.39 is 12.2 Å². The number of hydrogen-bond acceptors (Lipinski definition) is 6. The summed E-state index contributed by atoms with van der Waals surface area (Å²) in [6.45, 7) is 4.23. The molecule has 3 aromatic heterocycles. The highest BCUT2D eigenvalue weighted by atomic mass is 19.1. The van der Waals surface area contributed by atoms with Crippen molar-refractivity contribution in [2.24, 2.45) is 7.05 Å². The van der Waals surface area contributed by atoms with Gasteiger partial charge in [-0.25, -0.2) is 9.37 Å². The molecular formula is C26H26FN5O4. The maximum absolute atomic E-state index is 15.3. The predicted molar refractivity (Wildman–Crippen MR) is 129 cm³/mol. The van der Waals surface area contributed by atoms with Crippen LogP contribution in [0.4, 0.5) is 4.39 Å². The predicted octanol–water partition coefficient (Wildman–Crippen LogP) is 2.41. The van der Waals surface area contributed by atoms with E-state index in [0.29, 0.717) is 28.0 Å². The smallest absolute Gasteiger partial charge is 0.251 e. The number of aromatic nitrogens is 4. The third-order valence-electron chi connectivity index (χ3n) is 7.02. The SMILES string of the molecule is Cc1nn(C)cc1-c1cccc(F)c1-c1nc2cc(C(=O)N[C@@H]3COC4[C@H](O)CO[C@@H]43)ccn2c1C. The summed E-state index contributed by atoms with van der Waals surface area (Å²) in [5.41, 5.74) is 4.93. The Morgan fingerprint density at radius 3 is 2.75 bits per heavy atom. The number of imidazole rings is 1. The zero-order valence-corrected chi connectivity index (χ0v) is 20.1. The maximum Gasteiger partial charge on any atom is 0.251 e. The minimum absolute atomic E-state index is 0.195. The van der Waals surface area contributed by atoms with Gasteiger partial charge in [0.05, 0.1) is 30.6 Å². The van der Waals surface area contributed by atoms with Gasteiger partial charge in [0.15, 0.2) is 0 Å². The molecule has 1 unspecified atom stereocenters. The van der Waals surface area contributed by atoms with E-state index in [9.17, 15) is 9.90 Å². The minimum atomic E-state index is -0.682. The lowest BCUT2D eigenvalue weighted by atomic mass is 9.97. The van der Waals surface area contributed by atoms with E-state index >= 15 is 4.39 Å². The number of nitrogens with one attached hydrogen (secondary N) is 1. The quantitative estimate of drug-likeness (QED) is 0.455. The Morgan fingerprint density at radius 1 is 1.17 bits per heavy atom. The highest BCUT2D eigenvalue weighted by molar-refractivity contribution is 5.95. The molecular weight excluding hydrogens is 465 g/mol. The van der Waals surface area contributed by atoms with Gasteiger partial charge in [-0.1, -0.05) is 12.1 Å². The van der Waals surface area contributed by atoms with Gasteiger partial charge in [0.1, 0.15) is 29.8 Å². The summed E-state index contributed by atoms with van der Waals surface area (Å²) in [5, 5.41) is 17.3. The van der Waals surface area contributed by atoms with Crippen LogP contribution in [0.15, 0.2) is 42.7 Å². The van der Waals surface area contributed by atoms with Crippen molar-refractivity contribution in [1.82, 2.24) is 24.5 Å². The largest absolute Gasteiger partial charge is 0.388 e. The molecule has 1 aromatic carbocycles. The number of rotatable bonds is 4. The molecule has 186 valence electrons. The van der Waals surface area contributed by atoms with E-state index in [1.54, 1.807) is 29.1 Å². The monoisotopic (exact) mass is 491 g/mol. The van der Waals surface area contributed by atoms with E-state index in [1.807, 2.05) is 37.6 Å². The lowest BCUT2D eigenvalue weighted by molar-refractivity contribution is 0.0178. The molecule has 4 atom stereocenters. The van der Waals surface area contributed by atoms with Crippen LogP contribution in [0.3, 0.4) is 0 Å². The van der Waals surface area contributed by atoms with Gasteiger partial charge in [-0.05, 0) is 37.6 Å². The topological polar surface area (TPSA) is 103 Å². The fourth-order valence-electron chi connectivity index (χ4n) is 5.25. The lowest BCUT2D eigenvalue weighted by Crippen LogP contribution is -2.44. The second-order valence-electron chi connectivity index (χ2n) is 9.40. The number of ether oxygens (including phenoxy) is 2. The molecule has 9 nitrogen and oxygen atoms in total. The molecule has 2 saturated heterocycles. The molecule has 2 N–H and O–H groups in total. The summed E-state index contributed by atoms with van der Waals surface area (Å²) >= 11 is 0. The Labute approximate surface area is 206 Å². The molecule has 5 heterocycles. The van der Waals surface area contributed by atoms with Gasteiger partial charge >= 0.3 is 0 Å². The molecule has 10 heteroatoms. The highest BCUT2D eigenvalue weighted by Crippen LogP contribution is 2.37. The van der Waals surface area contributed by atoms with Crippen molar-refractivity contribution >= 4 is 11.6 Å². The summed E-state index contributed by atoms with van der Waals surface area (Å²) in [6, 6.07) is 8.00. The van der Waals surface area contributed by atoms with Crippen LogP contribution in [-0.2, 0) is 16.5 Å². The second-order valence-corrected chi connectivity index (χ2v) is 9.40. The van der Waals surface area contributed by atoms with Crippen LogP contribution in [0.25, 0.3) is 28.0 Å². The lowest BCUT2D eigenvalue weighted by Gasteiger charge is -2.17. The van der Waals surface area contributed by atoms with Crippen molar-refractivity contribution in [3.63, 3.8) is 0 Å². The molecule has 1 amide bonds. The first kappa shape index (κ1) is 22.8. The van der Waals surface area contributed by atoms with Crippen LogP contribution >= 0.6 is 0 Å². The zero-order valence-electron chi connectivity index (χ0n) is 20.1. The van der Waals surface area contributed by atoms with E-state index in [-0.39, 0.29) is 37.1 Å². The molecule has 36 heavy (non-hydrogen) atoms. The van der Waals surface area contributed by atoms with E-state index in [1.165, 1.54) is 6.07 Å². The molecule has 2 aliphatic rings. The zero-order chi connectivity index (χ0) is 25.1. The van der Waals surface area contributed by atoms with Crippen molar-refractivity contribution in [3.05, 3.63) is 65.5 Å². The number of benzene rings is 1. The first-order valence-electron chi connectivity index (χ1n) is 11.8. The Bertz CT molecular complexity index is 1500. The number of carbonyl (C=O) groups excluding carboxylic acids is 1. The number of fused-ring (bicyclic) bond motifs is 2. The van der Waals surface area contributed by atoms with Crippen molar-refractivity contribution < 1.29 is 23.8 Å². The fourth-order valence-corrected chi connectivity index (χ4v) is 5.25. The minimum Gasteiger partial charge on any atom is -0.388 e. The van der Waals surface area contributed by atoms with E-state index in [0.717, 1.165) is 17.0 Å². The maximum atomic E-state index is 15.3. The second kappa shape index (κ2) is 8.51. The summed E-state index contributed by atoms with van der Waals surface area (Å²) in [6.07, 6.45) is 2.15. The number of hydrogen-bond donors (Lipinski definition) is 2. The van der Waals surface area contributed by atoms with Gasteiger partial charge in [-0.2, -0.15) is 5.10 Å². The van der Waals surface area contributed by atoms with Crippen molar-refractivity contribution in [3.8, 4) is 22.4 Å². The van der Waals surface area contributed by atoms with Gasteiger partial charge < -0.3 is 24.3 Å². The first-order valence-corrected chi connectivity index (χ1v) is 11.8. The van der Waals surface area contributed by atoms with Gasteiger partial charge in [-0.3, -0.25) is 9.48 Å². The van der Waals surface area contributed by atoms with E-state index in [4.69, 9.17) is 14.5 Å². The number of aliphatic hydroxyl groups is 1. The van der Waals surface area contributed by atoms with Crippen molar-refractivity contribution in [2.45, 2.75) is 38.2 Å². The number of amides is 1. The summed E-state index contributed by atoms with van der Waals surface area (Å²) in [4.78, 5) is 17.8. The standard InChI is InChI=1S/C26H26FN5O4/c1-13-17(10-31(3)30-13)16-5-4-6-18(27)22(16)23-14(2)32-8-7-15(9-21(32)29-23)26(34)28-19-11-35-25-20(33)12-36-24(19)25/h4-10,19-20,24-25,33H,11-12H2,1-3H3,(H,28,34)/t19-,20-,24-,25?/m1/s1. The molecule has 0 bridgehead atoms. The molecule has 0 aliphatic carbocycles. The van der Waals surface area contributed by atoms with Gasteiger partial charge in [0, 0.05) is 41.8 Å². The van der Waals surface area contributed by atoms with Gasteiger partial charge in [-0.15, -0.1) is 0 Å². The number of carbonyl (C=O) groups is 1. The molecule has 2 fully saturated rings. The van der Waals surface area contributed by atoms with Crippen LogP contribution < -0.4 is 5.32 Å². The molecule has 0 radical (unpaired) electrons. The third kappa shape index (κ3) is 3.60. The van der Waals surface area contributed by atoms with Crippen molar-refractivity contribution in [2.75, 3.05) is 13.2 Å². The van der Waals surface area contributed by atoms with Gasteiger partial charge in [0.25, 0.3) is 5.91 Å². The van der Waals surface area contributed by atoms with E-state index in [2.05, 4.69) is 10.4 Å². The Morgan fingerprint density at radius 2 is 1.97 bits per heavy atom. The molecule has 0 spiro atoms. The molecule has 4 aromatic rings. The normalized spacial score (nSPS) is 23.4. The Kier molecular flexibility index (Phi) is 5.40. The van der Waals surface area contributed by atoms with Gasteiger partial charge in [0.2, 0.25) is 0 Å². The number of halogens is 1. The number of nitrogens with zero attached hydrogens (tertiary/aromatic N) is 4. The number of aliphatic hydroxyl groups excluding tert-OH is 1. The average Bonchev–Trinajstić information content (AvgIpc) is 3.59. The van der Waals surface area contributed by atoms with Crippen LogP contribution in [0.1, 0.15) is 21.7 Å². The average molecular weight is 492 g/mol. The molecule has 0 saturated carbocycles. The summed E-state index contributed by atoms with van der Waals surface area (Å²) in [5.74, 6) is -0.675. The fraction of sp³-hybridized carbons (Fsp3) is 0.346. The first-order chi connectivity index (χ1) is 17.3. The van der Waals surface area contributed by atoms with Crippen LogP contribution in [0, 0.1) is 19.7 Å². The highest BCUT2D eigenvalue weighted by Gasteiger charge is 2.47. The number of pyridine rings is 1. The summed E-state index contributed by atoms with van der Waals surface area (Å²) in [7, 11) is 1.83. The molecule has 2 aliphatic heterocycles. The van der Waals surface area contributed by atoms with Crippen LogP contribution in [0.5, 0.6) is 0 Å². The van der Waals surface area contributed by atoms with Crippen LogP contribution in [-0.4, -0.2) is 67.7 Å². The molecule has 6 rings (SSSR count). The van der Waals surface area contributed by atoms with Crippen molar-refractivity contribution in [1.29, 1.82) is 0 Å². The van der Waals surface area contributed by atoms with Crippen LogP contribution in [0.2, 0.25) is 0 Å². The Balaban J connectivity index is 1.35. The third-order valence-corrected chi connectivity index (χ3v) is 7.02. The Hall–Kier alpha value is -3.60. The number of aryl methyl sites for hydroxylation is 3.